The van der Waals surface area contributed by atoms with Crippen LogP contribution >= 0.6 is 23.2 Å². The summed E-state index contributed by atoms with van der Waals surface area (Å²) in [4.78, 5) is 23.5. The first-order valence-electron chi connectivity index (χ1n) is 19.7. The number of aliphatic hydroxyl groups is 2. The first-order chi connectivity index (χ1) is 30.5. The van der Waals surface area contributed by atoms with Crippen LogP contribution in [0.3, 0.4) is 0 Å². The lowest BCUT2D eigenvalue weighted by atomic mass is 9.92. The molecule has 0 aliphatic rings. The zero-order valence-electron chi connectivity index (χ0n) is 34.8. The number of aliphatic carboxylic acids is 1. The number of hydrogen-bond donors (Lipinski definition) is 4. The van der Waals surface area contributed by atoms with Gasteiger partial charge in [-0.25, -0.2) is 4.79 Å². The predicted molar refractivity (Wildman–Crippen MR) is 240 cm³/mol. The fraction of sp³-hybridized carbons (Fsp3) is 0.229. The van der Waals surface area contributed by atoms with E-state index >= 15 is 0 Å². The average molecular weight is 891 g/mol. The van der Waals surface area contributed by atoms with Crippen LogP contribution in [0.5, 0.6) is 23.0 Å². The summed E-state index contributed by atoms with van der Waals surface area (Å²) < 4.78 is 24.9. The summed E-state index contributed by atoms with van der Waals surface area (Å²) in [7, 11) is 1.69. The number of carboxylic acids is 1. The normalized spacial score (nSPS) is 11.6. The molecule has 4 N–H and O–H groups in total. The third-order valence-corrected chi connectivity index (χ3v) is 10.7. The minimum absolute atomic E-state index is 0.0842. The van der Waals surface area contributed by atoms with Crippen molar-refractivity contribution in [1.82, 2.24) is 15.3 Å². The number of aliphatic hydroxyl groups excluding tert-OH is 2. The molecule has 0 fully saturated rings. The highest BCUT2D eigenvalue weighted by atomic mass is 35.5. The van der Waals surface area contributed by atoms with E-state index < -0.39 is 12.1 Å². The number of benzene rings is 4. The molecule has 0 spiro atoms. The van der Waals surface area contributed by atoms with Crippen molar-refractivity contribution in [2.24, 2.45) is 4.99 Å². The van der Waals surface area contributed by atoms with Crippen molar-refractivity contribution < 1.29 is 39.1 Å². The molecule has 63 heavy (non-hydrogen) atoms. The van der Waals surface area contributed by atoms with E-state index in [9.17, 15) is 20.3 Å². The Labute approximate surface area is 375 Å². The molecule has 2 aromatic heterocycles. The molecule has 4 aromatic carbocycles. The molecule has 6 rings (SSSR count). The van der Waals surface area contributed by atoms with Crippen molar-refractivity contribution in [3.63, 3.8) is 0 Å². The van der Waals surface area contributed by atoms with Gasteiger partial charge >= 0.3 is 5.97 Å². The topological polar surface area (TPSA) is 189 Å². The van der Waals surface area contributed by atoms with Crippen LogP contribution in [0.2, 0.25) is 10.0 Å². The van der Waals surface area contributed by atoms with Gasteiger partial charge in [-0.3, -0.25) is 15.0 Å². The fourth-order valence-corrected chi connectivity index (χ4v) is 7.15. The Morgan fingerprint density at radius 2 is 1.30 bits per heavy atom. The van der Waals surface area contributed by atoms with Crippen molar-refractivity contribution in [2.75, 3.05) is 13.6 Å². The second-order valence-corrected chi connectivity index (χ2v) is 15.3. The van der Waals surface area contributed by atoms with Gasteiger partial charge in [0.05, 0.1) is 22.2 Å². The van der Waals surface area contributed by atoms with Gasteiger partial charge in [0.2, 0.25) is 0 Å². The zero-order chi connectivity index (χ0) is 44.9. The average Bonchev–Trinajstić information content (AvgIpc) is 3.28. The van der Waals surface area contributed by atoms with Crippen molar-refractivity contribution in [1.29, 1.82) is 5.26 Å². The van der Waals surface area contributed by atoms with E-state index in [0.717, 1.165) is 44.5 Å². The summed E-state index contributed by atoms with van der Waals surface area (Å²) in [5, 5.41) is 41.8. The summed E-state index contributed by atoms with van der Waals surface area (Å²) in [6, 6.07) is 24.4. The van der Waals surface area contributed by atoms with Crippen LogP contribution in [0.25, 0.3) is 11.1 Å². The number of carbonyl (C=O) groups is 1. The Morgan fingerprint density at radius 3 is 1.86 bits per heavy atom. The highest BCUT2D eigenvalue weighted by Gasteiger charge is 2.18. The maximum Gasteiger partial charge on any atom is 0.333 e. The quantitative estimate of drug-likeness (QED) is 0.0538. The molecule has 0 bridgehead atoms. The molecule has 0 radical (unpaired) electrons. The van der Waals surface area contributed by atoms with E-state index in [0.29, 0.717) is 55.3 Å². The van der Waals surface area contributed by atoms with Crippen LogP contribution in [-0.4, -0.2) is 57.2 Å². The number of ether oxygens (including phenoxy) is 4. The van der Waals surface area contributed by atoms with Gasteiger partial charge < -0.3 is 39.6 Å². The molecule has 1 atom stereocenters. The highest BCUT2D eigenvalue weighted by molar-refractivity contribution is 6.32. The molecule has 15 heteroatoms. The van der Waals surface area contributed by atoms with E-state index in [1.54, 1.807) is 62.2 Å². The first kappa shape index (κ1) is 46.0. The van der Waals surface area contributed by atoms with Gasteiger partial charge in [-0.05, 0) is 71.5 Å². The molecule has 0 saturated heterocycles. The Balaban J connectivity index is 1.17. The van der Waals surface area contributed by atoms with Crippen LogP contribution in [0, 0.1) is 25.2 Å². The standard InChI is InChI=1S/C48H45Cl2N5O8/c1-29-35(27-62-46-14-44(60-25-33-10-31(16-51)18-53-20-33)37(12-41(46)49)22-55-23-43(57)48(58)59)6-4-8-39(29)40-9-5-7-36(30(40)2)28-63-47-15-45(38(24-56)13-42(47)50)61-26-34-11-32(17-52-3)19-54-21-34/h4-15,17-21,43,55-57H,22-28H2,1-3H3,(H,58,59). The summed E-state index contributed by atoms with van der Waals surface area (Å²) in [5.74, 6) is 0.276. The number of halogens is 2. The molecular weight excluding hydrogens is 845 g/mol. The minimum atomic E-state index is -1.59. The largest absolute Gasteiger partial charge is 0.488 e. The number of nitrogens with one attached hydrogen (secondary N) is 1. The van der Waals surface area contributed by atoms with E-state index in [4.69, 9.17) is 47.3 Å². The van der Waals surface area contributed by atoms with Crippen molar-refractivity contribution in [3.8, 4) is 40.2 Å². The Morgan fingerprint density at radius 1 is 0.762 bits per heavy atom. The summed E-state index contributed by atoms with van der Waals surface area (Å²) in [5.41, 5.74) is 9.77. The maximum absolute atomic E-state index is 11.1. The molecule has 0 aliphatic carbocycles. The molecule has 324 valence electrons. The van der Waals surface area contributed by atoms with Crippen LogP contribution in [-0.2, 0) is 44.4 Å². The van der Waals surface area contributed by atoms with Crippen LogP contribution < -0.4 is 24.3 Å². The SMILES string of the molecule is CN=Cc1cncc(COc2cc(OCc3cccc(-c4cccc(COc5cc(OCc6cncc(C#N)c6)c(CNCC(O)C(=O)O)cc5Cl)c4C)c3C)c(Cl)cc2CO)c1. The van der Waals surface area contributed by atoms with Crippen LogP contribution in [0.15, 0.2) is 103 Å². The monoisotopic (exact) mass is 889 g/mol. The lowest BCUT2D eigenvalue weighted by molar-refractivity contribution is -0.146. The first-order valence-corrected chi connectivity index (χ1v) is 20.5. The molecule has 0 saturated carbocycles. The molecule has 0 aliphatic heterocycles. The number of pyridine rings is 2. The summed E-state index contributed by atoms with van der Waals surface area (Å²) in [6.07, 6.45) is 6.60. The van der Waals surface area contributed by atoms with Gasteiger partial charge in [0.25, 0.3) is 0 Å². The highest BCUT2D eigenvalue weighted by Crippen LogP contribution is 2.37. The third-order valence-electron chi connectivity index (χ3n) is 10.1. The number of nitriles is 1. The van der Waals surface area contributed by atoms with Crippen molar-refractivity contribution in [2.45, 2.75) is 59.5 Å². The van der Waals surface area contributed by atoms with Gasteiger partial charge in [-0.15, -0.1) is 0 Å². The van der Waals surface area contributed by atoms with Gasteiger partial charge in [0, 0.05) is 91.1 Å². The number of nitrogens with zero attached hydrogens (tertiary/aromatic N) is 4. The maximum atomic E-state index is 11.1. The number of rotatable bonds is 20. The van der Waals surface area contributed by atoms with Gasteiger partial charge in [0.15, 0.2) is 6.10 Å². The molecule has 13 nitrogen and oxygen atoms in total. The van der Waals surface area contributed by atoms with Gasteiger partial charge in [-0.1, -0.05) is 59.6 Å². The molecule has 1 unspecified atom stereocenters. The van der Waals surface area contributed by atoms with Crippen molar-refractivity contribution >= 4 is 35.4 Å². The lowest BCUT2D eigenvalue weighted by Gasteiger charge is -2.19. The smallest absolute Gasteiger partial charge is 0.333 e. The third kappa shape index (κ3) is 12.1. The summed E-state index contributed by atoms with van der Waals surface area (Å²) >= 11 is 13.4. The number of hydrogen-bond acceptors (Lipinski definition) is 12. The van der Waals surface area contributed by atoms with E-state index in [1.165, 1.54) is 6.20 Å². The lowest BCUT2D eigenvalue weighted by Crippen LogP contribution is -2.32. The van der Waals surface area contributed by atoms with Gasteiger partial charge in [0.1, 0.15) is 55.5 Å². The van der Waals surface area contributed by atoms with E-state index in [2.05, 4.69) is 38.5 Å². The molecule has 2 heterocycles. The van der Waals surface area contributed by atoms with Crippen molar-refractivity contribution in [3.05, 3.63) is 163 Å². The van der Waals surface area contributed by atoms with Gasteiger partial charge in [-0.2, -0.15) is 5.26 Å². The van der Waals surface area contributed by atoms with E-state index in [-0.39, 0.29) is 46.1 Å². The van der Waals surface area contributed by atoms with E-state index in [1.807, 2.05) is 44.2 Å². The Kier molecular flexibility index (Phi) is 16.1. The molecule has 6 aromatic rings. The molecular formula is C48H45Cl2N5O8. The zero-order valence-corrected chi connectivity index (χ0v) is 36.3. The molecule has 0 amide bonds. The Bertz CT molecular complexity index is 2650. The second kappa shape index (κ2) is 22.0. The fourth-order valence-electron chi connectivity index (χ4n) is 6.66. The minimum Gasteiger partial charge on any atom is -0.488 e. The number of carboxylic acid groups (broad SMARTS) is 1. The Hall–Kier alpha value is -6.53. The van der Waals surface area contributed by atoms with Crippen LogP contribution in [0.4, 0.5) is 0 Å². The summed E-state index contributed by atoms with van der Waals surface area (Å²) in [6.45, 7) is 4.45. The number of aromatic nitrogens is 2. The van der Waals surface area contributed by atoms with Crippen LogP contribution in [0.1, 0.15) is 55.6 Å². The second-order valence-electron chi connectivity index (χ2n) is 14.5. The number of aliphatic imine (C=N–C) groups is 1. The predicted octanol–water partition coefficient (Wildman–Crippen LogP) is 8.33.